The Kier molecular flexibility index (Phi) is 5.23. The van der Waals surface area contributed by atoms with E-state index in [9.17, 15) is 0 Å². The fraction of sp³-hybridized carbons (Fsp3) is 0.138. The van der Waals surface area contributed by atoms with Crippen molar-refractivity contribution in [1.29, 1.82) is 5.41 Å². The van der Waals surface area contributed by atoms with Crippen LogP contribution in [0.3, 0.4) is 0 Å². The highest BCUT2D eigenvalue weighted by molar-refractivity contribution is 6.08. The average molecular weight is 434 g/mol. The van der Waals surface area contributed by atoms with Crippen molar-refractivity contribution in [3.8, 4) is 11.5 Å². The minimum Gasteiger partial charge on any atom is -0.457 e. The van der Waals surface area contributed by atoms with E-state index < -0.39 is 6.17 Å². The Balaban J connectivity index is 1.56. The van der Waals surface area contributed by atoms with E-state index in [0.717, 1.165) is 39.4 Å². The summed E-state index contributed by atoms with van der Waals surface area (Å²) in [5, 5.41) is 9.16. The molecule has 0 radical (unpaired) electrons. The van der Waals surface area contributed by atoms with Gasteiger partial charge in [0.15, 0.2) is 0 Å². The maximum atomic E-state index is 9.16. The van der Waals surface area contributed by atoms with Gasteiger partial charge in [-0.05, 0) is 29.8 Å². The van der Waals surface area contributed by atoms with Gasteiger partial charge in [-0.15, -0.1) is 0 Å². The molecule has 1 unspecified atom stereocenters. The van der Waals surface area contributed by atoms with Gasteiger partial charge in [-0.2, -0.15) is 0 Å². The molecule has 0 bridgehead atoms. The number of rotatable bonds is 4. The standard InChI is InChI=1S/C29H27N3O/c1-29(2)23-15-9-10-16-25(23)33-26-19-21(17-18-24(26)29)28(31)32(22-13-7-4-8-14-22)27(30)20-11-5-3-6-12-20/h3-19,27,31H,30H2,1-2H3. The maximum absolute atomic E-state index is 9.16. The number of anilines is 1. The number of hydrogen-bond acceptors (Lipinski definition) is 3. The summed E-state index contributed by atoms with van der Waals surface area (Å²) in [6, 6.07) is 33.9. The van der Waals surface area contributed by atoms with Crippen LogP contribution in [0.25, 0.3) is 0 Å². The van der Waals surface area contributed by atoms with E-state index in [4.69, 9.17) is 15.9 Å². The molecule has 0 fully saturated rings. The Labute approximate surface area is 194 Å². The lowest BCUT2D eigenvalue weighted by Crippen LogP contribution is -2.39. The second-order valence-corrected chi connectivity index (χ2v) is 8.84. The largest absolute Gasteiger partial charge is 0.457 e. The van der Waals surface area contributed by atoms with Crippen LogP contribution in [0, 0.1) is 5.41 Å². The van der Waals surface area contributed by atoms with Crippen molar-refractivity contribution in [2.75, 3.05) is 4.90 Å². The number of benzene rings is 4. The lowest BCUT2D eigenvalue weighted by molar-refractivity contribution is 0.418. The Morgan fingerprint density at radius 3 is 2.12 bits per heavy atom. The summed E-state index contributed by atoms with van der Waals surface area (Å²) in [5.41, 5.74) is 11.3. The van der Waals surface area contributed by atoms with Crippen LogP contribution in [0.5, 0.6) is 11.5 Å². The second-order valence-electron chi connectivity index (χ2n) is 8.84. The zero-order valence-corrected chi connectivity index (χ0v) is 18.8. The Hall–Kier alpha value is -3.89. The Morgan fingerprint density at radius 1 is 0.788 bits per heavy atom. The molecule has 0 saturated carbocycles. The summed E-state index contributed by atoms with van der Waals surface area (Å²) >= 11 is 0. The molecule has 1 atom stereocenters. The number of nitrogens with two attached hydrogens (primary N) is 1. The summed E-state index contributed by atoms with van der Waals surface area (Å²) < 4.78 is 6.29. The van der Waals surface area contributed by atoms with Crippen LogP contribution >= 0.6 is 0 Å². The van der Waals surface area contributed by atoms with Crippen molar-refractivity contribution in [2.45, 2.75) is 25.4 Å². The first-order valence-electron chi connectivity index (χ1n) is 11.1. The average Bonchev–Trinajstić information content (AvgIpc) is 2.85. The van der Waals surface area contributed by atoms with E-state index >= 15 is 0 Å². The normalized spacial score (nSPS) is 14.4. The van der Waals surface area contributed by atoms with Gasteiger partial charge >= 0.3 is 0 Å². The van der Waals surface area contributed by atoms with Crippen LogP contribution in [0.1, 0.15) is 42.3 Å². The Bertz CT molecular complexity index is 1300. The molecule has 1 heterocycles. The van der Waals surface area contributed by atoms with Crippen LogP contribution in [0.2, 0.25) is 0 Å². The molecule has 0 saturated heterocycles. The van der Waals surface area contributed by atoms with Gasteiger partial charge in [-0.3, -0.25) is 5.41 Å². The van der Waals surface area contributed by atoms with Crippen molar-refractivity contribution < 1.29 is 4.74 Å². The first kappa shape index (κ1) is 21.0. The van der Waals surface area contributed by atoms with Crippen LogP contribution < -0.4 is 15.4 Å². The van der Waals surface area contributed by atoms with Gasteiger partial charge in [0, 0.05) is 27.8 Å². The third-order valence-corrected chi connectivity index (χ3v) is 6.40. The molecular formula is C29H27N3O. The number of nitrogens with one attached hydrogen (secondary N) is 1. The number of fused-ring (bicyclic) bond motifs is 2. The molecule has 0 aromatic heterocycles. The highest BCUT2D eigenvalue weighted by Crippen LogP contribution is 2.48. The summed E-state index contributed by atoms with van der Waals surface area (Å²) in [6.07, 6.45) is -0.504. The SMILES string of the molecule is CC1(C)c2ccccc2Oc2cc(C(=N)N(c3ccccc3)C(N)c3ccccc3)ccc21. The molecule has 4 nitrogen and oxygen atoms in total. The lowest BCUT2D eigenvalue weighted by Gasteiger charge is -2.35. The van der Waals surface area contributed by atoms with Crippen LogP contribution in [0.4, 0.5) is 5.69 Å². The van der Waals surface area contributed by atoms with E-state index in [1.807, 2.05) is 95.9 Å². The third-order valence-electron chi connectivity index (χ3n) is 6.40. The number of hydrogen-bond donors (Lipinski definition) is 2. The van der Waals surface area contributed by atoms with Crippen molar-refractivity contribution in [3.63, 3.8) is 0 Å². The maximum Gasteiger partial charge on any atom is 0.134 e. The fourth-order valence-electron chi connectivity index (χ4n) is 4.56. The molecule has 3 N–H and O–H groups in total. The van der Waals surface area contributed by atoms with Crippen LogP contribution in [0.15, 0.2) is 103 Å². The second kappa shape index (κ2) is 8.23. The van der Waals surface area contributed by atoms with Gasteiger partial charge in [0.25, 0.3) is 0 Å². The monoisotopic (exact) mass is 433 g/mol. The Morgan fingerprint density at radius 2 is 1.39 bits per heavy atom. The van der Waals surface area contributed by atoms with Gasteiger partial charge in [0.05, 0.1) is 0 Å². The number of ether oxygens (including phenoxy) is 1. The molecule has 4 heteroatoms. The molecule has 33 heavy (non-hydrogen) atoms. The van der Waals surface area contributed by atoms with Gasteiger partial charge in [0.1, 0.15) is 23.5 Å². The summed E-state index contributed by atoms with van der Waals surface area (Å²) in [6.45, 7) is 4.42. The third kappa shape index (κ3) is 3.69. The van der Waals surface area contributed by atoms with E-state index in [1.54, 1.807) is 0 Å². The molecule has 1 aliphatic heterocycles. The van der Waals surface area contributed by atoms with Gasteiger partial charge in [-0.25, -0.2) is 0 Å². The van der Waals surface area contributed by atoms with Gasteiger partial charge < -0.3 is 15.4 Å². The lowest BCUT2D eigenvalue weighted by atomic mass is 9.75. The van der Waals surface area contributed by atoms with Crippen LogP contribution in [-0.2, 0) is 5.41 Å². The predicted molar refractivity (Wildman–Crippen MR) is 134 cm³/mol. The molecule has 0 spiro atoms. The zero-order chi connectivity index (χ0) is 23.0. The first-order chi connectivity index (χ1) is 16.0. The minimum atomic E-state index is -0.504. The zero-order valence-electron chi connectivity index (χ0n) is 18.8. The first-order valence-corrected chi connectivity index (χ1v) is 11.1. The predicted octanol–water partition coefficient (Wildman–Crippen LogP) is 6.61. The number of nitrogens with zero attached hydrogens (tertiary/aromatic N) is 1. The topological polar surface area (TPSA) is 62.3 Å². The minimum absolute atomic E-state index is 0.190. The number of amidine groups is 1. The molecule has 164 valence electrons. The summed E-state index contributed by atoms with van der Waals surface area (Å²) in [5.74, 6) is 1.96. The molecular weight excluding hydrogens is 406 g/mol. The van der Waals surface area contributed by atoms with Crippen molar-refractivity contribution >= 4 is 11.5 Å². The molecule has 0 amide bonds. The van der Waals surface area contributed by atoms with Crippen LogP contribution in [-0.4, -0.2) is 5.84 Å². The highest BCUT2D eigenvalue weighted by Gasteiger charge is 2.34. The summed E-state index contributed by atoms with van der Waals surface area (Å²) in [7, 11) is 0. The molecule has 4 aromatic carbocycles. The molecule has 5 rings (SSSR count). The smallest absolute Gasteiger partial charge is 0.134 e. The van der Waals surface area contributed by atoms with Crippen molar-refractivity contribution in [2.24, 2.45) is 5.73 Å². The van der Waals surface area contributed by atoms with E-state index in [0.29, 0.717) is 5.84 Å². The molecule has 0 aliphatic carbocycles. The van der Waals surface area contributed by atoms with Gasteiger partial charge in [-0.1, -0.05) is 92.7 Å². The fourth-order valence-corrected chi connectivity index (χ4v) is 4.56. The van der Waals surface area contributed by atoms with Gasteiger partial charge in [0.2, 0.25) is 0 Å². The highest BCUT2D eigenvalue weighted by atomic mass is 16.5. The van der Waals surface area contributed by atoms with E-state index in [-0.39, 0.29) is 5.41 Å². The molecule has 4 aromatic rings. The van der Waals surface area contributed by atoms with E-state index in [2.05, 4.69) is 26.0 Å². The summed E-state index contributed by atoms with van der Waals surface area (Å²) in [4.78, 5) is 1.86. The molecule has 1 aliphatic rings. The van der Waals surface area contributed by atoms with Crippen molar-refractivity contribution in [3.05, 3.63) is 125 Å². The van der Waals surface area contributed by atoms with E-state index in [1.165, 1.54) is 0 Å². The van der Waals surface area contributed by atoms with Crippen molar-refractivity contribution in [1.82, 2.24) is 0 Å². The quantitative estimate of drug-likeness (QED) is 0.216. The number of para-hydroxylation sites is 2.